The van der Waals surface area contributed by atoms with Crippen molar-refractivity contribution in [2.45, 2.75) is 39.3 Å². The first-order valence-electron chi connectivity index (χ1n) is 8.41. The lowest BCUT2D eigenvalue weighted by Gasteiger charge is -2.07. The van der Waals surface area contributed by atoms with E-state index < -0.39 is 0 Å². The number of hydrogen-bond donors (Lipinski definition) is 1. The second-order valence-corrected chi connectivity index (χ2v) is 5.69. The smallest absolute Gasteiger partial charge is 0.227 e. The van der Waals surface area contributed by atoms with E-state index in [1.54, 1.807) is 6.20 Å². The van der Waals surface area contributed by atoms with Crippen molar-refractivity contribution in [3.05, 3.63) is 54.4 Å². The Labute approximate surface area is 146 Å². The molecule has 0 aliphatic heterocycles. The summed E-state index contributed by atoms with van der Waals surface area (Å²) in [4.78, 5) is 20.6. The average molecular weight is 339 g/mol. The largest absolute Gasteiger partial charge is 0.349 e. The van der Waals surface area contributed by atoms with Crippen molar-refractivity contribution in [2.24, 2.45) is 0 Å². The molecule has 0 fully saturated rings. The van der Waals surface area contributed by atoms with Gasteiger partial charge in [0.05, 0.1) is 6.54 Å². The minimum absolute atomic E-state index is 0.0643. The third-order valence-electron chi connectivity index (χ3n) is 3.78. The Bertz CT molecular complexity index is 810. The predicted molar refractivity (Wildman–Crippen MR) is 92.4 cm³/mol. The van der Waals surface area contributed by atoms with Crippen LogP contribution in [-0.2, 0) is 24.3 Å². The van der Waals surface area contributed by atoms with E-state index in [0.717, 1.165) is 24.4 Å². The first-order valence-corrected chi connectivity index (χ1v) is 8.41. The van der Waals surface area contributed by atoms with Crippen molar-refractivity contribution in [1.29, 1.82) is 0 Å². The number of amides is 1. The van der Waals surface area contributed by atoms with E-state index in [1.807, 2.05) is 41.1 Å². The fourth-order valence-electron chi connectivity index (χ4n) is 2.50. The second-order valence-electron chi connectivity index (χ2n) is 5.69. The van der Waals surface area contributed by atoms with E-state index in [4.69, 9.17) is 4.52 Å². The molecule has 1 N–H and O–H groups in total. The maximum absolute atomic E-state index is 12.0. The van der Waals surface area contributed by atoms with Gasteiger partial charge in [-0.15, -0.1) is 0 Å². The number of benzene rings is 1. The molecule has 2 aromatic heterocycles. The SMILES string of the molecule is CCCn1ccnc1CNC(=O)CCc1nc(-c2ccccc2)no1. The lowest BCUT2D eigenvalue weighted by molar-refractivity contribution is -0.121. The fraction of sp³-hybridized carbons (Fsp3) is 0.333. The Morgan fingerprint density at radius 2 is 2.12 bits per heavy atom. The highest BCUT2D eigenvalue weighted by Gasteiger charge is 2.11. The Kier molecular flexibility index (Phi) is 5.56. The van der Waals surface area contributed by atoms with Crippen LogP contribution in [0.25, 0.3) is 11.4 Å². The first kappa shape index (κ1) is 16.9. The van der Waals surface area contributed by atoms with E-state index in [9.17, 15) is 4.79 Å². The van der Waals surface area contributed by atoms with Crippen molar-refractivity contribution < 1.29 is 9.32 Å². The average Bonchev–Trinajstić information content (AvgIpc) is 3.29. The lowest BCUT2D eigenvalue weighted by atomic mass is 10.2. The van der Waals surface area contributed by atoms with Crippen LogP contribution in [0.2, 0.25) is 0 Å². The Hall–Kier alpha value is -2.96. The molecular formula is C18H21N5O2. The van der Waals surface area contributed by atoms with Crippen LogP contribution in [-0.4, -0.2) is 25.6 Å². The third kappa shape index (κ3) is 4.53. The molecule has 0 saturated heterocycles. The standard InChI is InChI=1S/C18H21N5O2/c1-2-11-23-12-10-19-15(23)13-20-16(24)8-9-17-21-18(22-25-17)14-6-4-3-5-7-14/h3-7,10,12H,2,8-9,11,13H2,1H3,(H,20,24). The highest BCUT2D eigenvalue weighted by Crippen LogP contribution is 2.15. The van der Waals surface area contributed by atoms with Gasteiger partial charge in [-0.2, -0.15) is 4.98 Å². The topological polar surface area (TPSA) is 85.8 Å². The number of rotatable bonds is 8. The summed E-state index contributed by atoms with van der Waals surface area (Å²) < 4.78 is 7.26. The van der Waals surface area contributed by atoms with Gasteiger partial charge in [0.1, 0.15) is 5.82 Å². The maximum atomic E-state index is 12.0. The fourth-order valence-corrected chi connectivity index (χ4v) is 2.50. The molecule has 0 radical (unpaired) electrons. The van der Waals surface area contributed by atoms with Gasteiger partial charge in [-0.25, -0.2) is 4.98 Å². The van der Waals surface area contributed by atoms with Gasteiger partial charge in [-0.3, -0.25) is 4.79 Å². The molecule has 2 heterocycles. The maximum Gasteiger partial charge on any atom is 0.227 e. The minimum Gasteiger partial charge on any atom is -0.349 e. The minimum atomic E-state index is -0.0643. The van der Waals surface area contributed by atoms with E-state index in [1.165, 1.54) is 0 Å². The molecule has 0 spiro atoms. The lowest BCUT2D eigenvalue weighted by Crippen LogP contribution is -2.25. The summed E-state index contributed by atoms with van der Waals surface area (Å²) in [6.45, 7) is 3.43. The molecule has 3 rings (SSSR count). The number of carbonyl (C=O) groups is 1. The van der Waals surface area contributed by atoms with Gasteiger partial charge < -0.3 is 14.4 Å². The molecule has 0 aliphatic carbocycles. The summed E-state index contributed by atoms with van der Waals surface area (Å²) in [5, 5.41) is 6.83. The normalized spacial score (nSPS) is 10.8. The highest BCUT2D eigenvalue weighted by atomic mass is 16.5. The van der Waals surface area contributed by atoms with Crippen molar-refractivity contribution in [1.82, 2.24) is 25.0 Å². The van der Waals surface area contributed by atoms with Crippen molar-refractivity contribution in [3.8, 4) is 11.4 Å². The number of carbonyl (C=O) groups excluding carboxylic acids is 1. The van der Waals surface area contributed by atoms with Crippen LogP contribution in [0.5, 0.6) is 0 Å². The van der Waals surface area contributed by atoms with Crippen LogP contribution in [0.4, 0.5) is 0 Å². The molecule has 3 aromatic rings. The highest BCUT2D eigenvalue weighted by molar-refractivity contribution is 5.75. The van der Waals surface area contributed by atoms with Gasteiger partial charge in [0.15, 0.2) is 0 Å². The summed E-state index contributed by atoms with van der Waals surface area (Å²) in [5.41, 5.74) is 0.893. The zero-order valence-electron chi connectivity index (χ0n) is 14.2. The Morgan fingerprint density at radius 3 is 2.92 bits per heavy atom. The molecule has 7 heteroatoms. The van der Waals surface area contributed by atoms with Crippen molar-refractivity contribution >= 4 is 5.91 Å². The molecule has 1 amide bonds. The summed E-state index contributed by atoms with van der Waals surface area (Å²) >= 11 is 0. The van der Waals surface area contributed by atoms with Crippen molar-refractivity contribution in [2.75, 3.05) is 0 Å². The summed E-state index contributed by atoms with van der Waals surface area (Å²) in [6.07, 6.45) is 5.41. The zero-order chi connectivity index (χ0) is 17.5. The van der Waals surface area contributed by atoms with Gasteiger partial charge in [-0.05, 0) is 6.42 Å². The molecule has 130 valence electrons. The monoisotopic (exact) mass is 339 g/mol. The van der Waals surface area contributed by atoms with Crippen molar-refractivity contribution in [3.63, 3.8) is 0 Å². The van der Waals surface area contributed by atoms with Gasteiger partial charge in [0, 0.05) is 37.3 Å². The van der Waals surface area contributed by atoms with Gasteiger partial charge >= 0.3 is 0 Å². The Balaban J connectivity index is 1.48. The molecule has 7 nitrogen and oxygen atoms in total. The van der Waals surface area contributed by atoms with Gasteiger partial charge in [-0.1, -0.05) is 42.4 Å². The zero-order valence-corrected chi connectivity index (χ0v) is 14.2. The number of aromatic nitrogens is 4. The van der Waals surface area contributed by atoms with Crippen LogP contribution in [0, 0.1) is 0 Å². The van der Waals surface area contributed by atoms with Crippen LogP contribution >= 0.6 is 0 Å². The van der Waals surface area contributed by atoms with Gasteiger partial charge in [0.2, 0.25) is 17.6 Å². The molecule has 25 heavy (non-hydrogen) atoms. The van der Waals surface area contributed by atoms with E-state index >= 15 is 0 Å². The van der Waals surface area contributed by atoms with Crippen LogP contribution in [0.3, 0.4) is 0 Å². The summed E-state index contributed by atoms with van der Waals surface area (Å²) in [6, 6.07) is 9.60. The molecule has 0 atom stereocenters. The second kappa shape index (κ2) is 8.23. The first-order chi connectivity index (χ1) is 12.3. The van der Waals surface area contributed by atoms with E-state index in [0.29, 0.717) is 31.1 Å². The van der Waals surface area contributed by atoms with Crippen LogP contribution < -0.4 is 5.32 Å². The molecular weight excluding hydrogens is 318 g/mol. The molecule has 0 aliphatic rings. The number of nitrogens with zero attached hydrogens (tertiary/aromatic N) is 4. The van der Waals surface area contributed by atoms with E-state index in [2.05, 4.69) is 27.4 Å². The van der Waals surface area contributed by atoms with Crippen LogP contribution in [0.15, 0.2) is 47.2 Å². The van der Waals surface area contributed by atoms with Crippen LogP contribution in [0.1, 0.15) is 31.5 Å². The number of imidazole rings is 1. The molecule has 0 unspecified atom stereocenters. The predicted octanol–water partition coefficient (Wildman–Crippen LogP) is 2.59. The molecule has 0 saturated carbocycles. The molecule has 1 aromatic carbocycles. The Morgan fingerprint density at radius 1 is 1.28 bits per heavy atom. The molecule has 0 bridgehead atoms. The summed E-state index contributed by atoms with van der Waals surface area (Å²) in [7, 11) is 0. The third-order valence-corrected chi connectivity index (χ3v) is 3.78. The summed E-state index contributed by atoms with van der Waals surface area (Å²) in [5.74, 6) is 1.80. The number of aryl methyl sites for hydroxylation is 2. The number of nitrogens with one attached hydrogen (secondary N) is 1. The van der Waals surface area contributed by atoms with Gasteiger partial charge in [0.25, 0.3) is 0 Å². The quantitative estimate of drug-likeness (QED) is 0.682. The van der Waals surface area contributed by atoms with E-state index in [-0.39, 0.29) is 5.91 Å². The number of hydrogen-bond acceptors (Lipinski definition) is 5.